The van der Waals surface area contributed by atoms with E-state index in [1.807, 2.05) is 12.1 Å². The molecule has 1 heterocycles. The van der Waals surface area contributed by atoms with Gasteiger partial charge in [-0.25, -0.2) is 0 Å². The molecule has 0 aliphatic carbocycles. The number of nitrogens with one attached hydrogen (secondary N) is 1. The first kappa shape index (κ1) is 8.07. The fourth-order valence-corrected chi connectivity index (χ4v) is 1.18. The standard InChI is InChI=1S/C9H10N2O2/c10-6-5-13-8-4-2-1-3-7(8)11-9(6)12/h1-4,6H,5,10H2,(H,11,12)/t6-/m1/s1. The Balaban J connectivity index is 2.35. The molecule has 1 amide bonds. The molecule has 0 unspecified atom stereocenters. The summed E-state index contributed by atoms with van der Waals surface area (Å²) in [5.41, 5.74) is 6.20. The highest BCUT2D eigenvalue weighted by Crippen LogP contribution is 2.25. The maximum Gasteiger partial charge on any atom is 0.244 e. The second-order valence-electron chi connectivity index (χ2n) is 2.90. The fraction of sp³-hybridized carbons (Fsp3) is 0.222. The summed E-state index contributed by atoms with van der Waals surface area (Å²) in [7, 11) is 0. The maximum atomic E-state index is 11.3. The van der Waals surface area contributed by atoms with Crippen LogP contribution in [0.15, 0.2) is 24.3 Å². The number of nitrogens with two attached hydrogens (primary N) is 1. The Kier molecular flexibility index (Phi) is 1.90. The molecule has 1 aliphatic heterocycles. The number of benzene rings is 1. The van der Waals surface area contributed by atoms with Gasteiger partial charge in [-0.05, 0) is 12.1 Å². The van der Waals surface area contributed by atoms with E-state index in [1.54, 1.807) is 12.1 Å². The summed E-state index contributed by atoms with van der Waals surface area (Å²) in [5, 5.41) is 2.68. The molecular formula is C9H10N2O2. The molecule has 1 aromatic carbocycles. The lowest BCUT2D eigenvalue weighted by Crippen LogP contribution is -2.38. The van der Waals surface area contributed by atoms with Crippen LogP contribution in [0.3, 0.4) is 0 Å². The van der Waals surface area contributed by atoms with Gasteiger partial charge in [0.25, 0.3) is 0 Å². The predicted octanol–water partition coefficient (Wildman–Crippen LogP) is 0.345. The highest BCUT2D eigenvalue weighted by molar-refractivity contribution is 5.96. The summed E-state index contributed by atoms with van der Waals surface area (Å²) < 4.78 is 5.32. The zero-order valence-electron chi connectivity index (χ0n) is 6.99. The number of carbonyl (C=O) groups is 1. The number of amides is 1. The quantitative estimate of drug-likeness (QED) is 0.602. The van der Waals surface area contributed by atoms with Crippen LogP contribution in [-0.2, 0) is 4.79 Å². The maximum absolute atomic E-state index is 11.3. The number of rotatable bonds is 0. The number of fused-ring (bicyclic) bond motifs is 1. The third kappa shape index (κ3) is 1.48. The largest absolute Gasteiger partial charge is 0.489 e. The number of carbonyl (C=O) groups excluding carboxylic acids is 1. The van der Waals surface area contributed by atoms with Crippen molar-refractivity contribution in [2.24, 2.45) is 5.73 Å². The first-order valence-corrected chi connectivity index (χ1v) is 4.05. The molecule has 4 heteroatoms. The predicted molar refractivity (Wildman–Crippen MR) is 48.5 cm³/mol. The molecule has 1 aromatic rings. The van der Waals surface area contributed by atoms with Crippen LogP contribution in [0.5, 0.6) is 5.75 Å². The summed E-state index contributed by atoms with van der Waals surface area (Å²) in [5.74, 6) is 0.466. The Morgan fingerprint density at radius 1 is 1.46 bits per heavy atom. The first-order chi connectivity index (χ1) is 6.27. The van der Waals surface area contributed by atoms with Gasteiger partial charge < -0.3 is 15.8 Å². The average molecular weight is 178 g/mol. The van der Waals surface area contributed by atoms with E-state index < -0.39 is 6.04 Å². The van der Waals surface area contributed by atoms with E-state index in [0.717, 1.165) is 0 Å². The second kappa shape index (κ2) is 3.06. The molecule has 0 aromatic heterocycles. The van der Waals surface area contributed by atoms with Gasteiger partial charge in [-0.15, -0.1) is 0 Å². The molecule has 0 radical (unpaired) electrons. The van der Waals surface area contributed by atoms with Crippen molar-refractivity contribution < 1.29 is 9.53 Å². The lowest BCUT2D eigenvalue weighted by molar-refractivity contribution is -0.117. The van der Waals surface area contributed by atoms with Crippen molar-refractivity contribution in [2.75, 3.05) is 11.9 Å². The summed E-state index contributed by atoms with van der Waals surface area (Å²) >= 11 is 0. The lowest BCUT2D eigenvalue weighted by atomic mass is 10.3. The smallest absolute Gasteiger partial charge is 0.244 e. The molecule has 0 fully saturated rings. The van der Waals surface area contributed by atoms with Crippen LogP contribution < -0.4 is 15.8 Å². The van der Waals surface area contributed by atoms with Crippen LogP contribution in [0, 0.1) is 0 Å². The minimum Gasteiger partial charge on any atom is -0.489 e. The van der Waals surface area contributed by atoms with Gasteiger partial charge in [-0.2, -0.15) is 0 Å². The van der Waals surface area contributed by atoms with Gasteiger partial charge in [-0.1, -0.05) is 12.1 Å². The normalized spacial score (nSPS) is 21.0. The Bertz CT molecular complexity index is 338. The minimum absolute atomic E-state index is 0.204. The molecule has 1 atom stereocenters. The molecule has 0 saturated carbocycles. The minimum atomic E-state index is -0.590. The lowest BCUT2D eigenvalue weighted by Gasteiger charge is -2.04. The molecular weight excluding hydrogens is 168 g/mol. The Labute approximate surface area is 75.7 Å². The van der Waals surface area contributed by atoms with Crippen LogP contribution in [0.1, 0.15) is 0 Å². The van der Waals surface area contributed by atoms with E-state index in [4.69, 9.17) is 10.5 Å². The topological polar surface area (TPSA) is 64.3 Å². The number of hydrogen-bond acceptors (Lipinski definition) is 3. The monoisotopic (exact) mass is 178 g/mol. The molecule has 0 bridgehead atoms. The number of anilines is 1. The first-order valence-electron chi connectivity index (χ1n) is 4.05. The van der Waals surface area contributed by atoms with Crippen molar-refractivity contribution in [3.63, 3.8) is 0 Å². The van der Waals surface area contributed by atoms with Crippen molar-refractivity contribution in [1.82, 2.24) is 0 Å². The molecule has 1 aliphatic rings. The van der Waals surface area contributed by atoms with Crippen molar-refractivity contribution >= 4 is 11.6 Å². The molecule has 3 N–H and O–H groups in total. The zero-order chi connectivity index (χ0) is 9.26. The Hall–Kier alpha value is -1.55. The average Bonchev–Trinajstić information content (AvgIpc) is 2.28. The third-order valence-corrected chi connectivity index (χ3v) is 1.90. The van der Waals surface area contributed by atoms with E-state index in [-0.39, 0.29) is 12.5 Å². The SMILES string of the molecule is N[C@@H]1COc2ccccc2NC1=O. The molecule has 2 rings (SSSR count). The number of para-hydroxylation sites is 2. The van der Waals surface area contributed by atoms with Gasteiger partial charge in [-0.3, -0.25) is 4.79 Å². The van der Waals surface area contributed by atoms with Crippen molar-refractivity contribution in [3.05, 3.63) is 24.3 Å². The van der Waals surface area contributed by atoms with Crippen LogP contribution in [0.4, 0.5) is 5.69 Å². The van der Waals surface area contributed by atoms with Crippen LogP contribution in [-0.4, -0.2) is 18.6 Å². The molecule has 0 spiro atoms. The second-order valence-corrected chi connectivity index (χ2v) is 2.90. The van der Waals surface area contributed by atoms with Gasteiger partial charge in [0.15, 0.2) is 0 Å². The Morgan fingerprint density at radius 3 is 3.08 bits per heavy atom. The molecule has 0 saturated heterocycles. The van der Waals surface area contributed by atoms with Gasteiger partial charge in [0.1, 0.15) is 18.4 Å². The molecule has 13 heavy (non-hydrogen) atoms. The van der Waals surface area contributed by atoms with Crippen molar-refractivity contribution in [3.8, 4) is 5.75 Å². The zero-order valence-corrected chi connectivity index (χ0v) is 6.99. The van der Waals surface area contributed by atoms with E-state index in [0.29, 0.717) is 11.4 Å². The summed E-state index contributed by atoms with van der Waals surface area (Å²) in [6.07, 6.45) is 0. The van der Waals surface area contributed by atoms with E-state index in [1.165, 1.54) is 0 Å². The van der Waals surface area contributed by atoms with Gasteiger partial charge in [0, 0.05) is 0 Å². The van der Waals surface area contributed by atoms with Gasteiger partial charge in [0.05, 0.1) is 5.69 Å². The summed E-state index contributed by atoms with van der Waals surface area (Å²) in [6, 6.07) is 6.67. The van der Waals surface area contributed by atoms with E-state index in [2.05, 4.69) is 5.32 Å². The molecule has 68 valence electrons. The van der Waals surface area contributed by atoms with Crippen molar-refractivity contribution in [2.45, 2.75) is 6.04 Å². The van der Waals surface area contributed by atoms with Crippen LogP contribution in [0.2, 0.25) is 0 Å². The third-order valence-electron chi connectivity index (χ3n) is 1.90. The molecule has 4 nitrogen and oxygen atoms in total. The number of ether oxygens (including phenoxy) is 1. The van der Waals surface area contributed by atoms with Gasteiger partial charge in [0.2, 0.25) is 5.91 Å². The van der Waals surface area contributed by atoms with Gasteiger partial charge >= 0.3 is 0 Å². The summed E-state index contributed by atoms with van der Waals surface area (Å²) in [6.45, 7) is 0.225. The Morgan fingerprint density at radius 2 is 2.23 bits per heavy atom. The van der Waals surface area contributed by atoms with E-state index >= 15 is 0 Å². The summed E-state index contributed by atoms with van der Waals surface area (Å²) in [4.78, 5) is 11.3. The number of hydrogen-bond donors (Lipinski definition) is 2. The highest BCUT2D eigenvalue weighted by Gasteiger charge is 2.20. The van der Waals surface area contributed by atoms with Crippen molar-refractivity contribution in [1.29, 1.82) is 0 Å². The fourth-order valence-electron chi connectivity index (χ4n) is 1.18. The van der Waals surface area contributed by atoms with E-state index in [9.17, 15) is 4.79 Å². The highest BCUT2D eigenvalue weighted by atomic mass is 16.5. The van der Waals surface area contributed by atoms with Crippen LogP contribution in [0.25, 0.3) is 0 Å². The van der Waals surface area contributed by atoms with Crippen LogP contribution >= 0.6 is 0 Å².